The quantitative estimate of drug-likeness (QED) is 0.537. The van der Waals surface area contributed by atoms with Gasteiger partial charge < -0.3 is 20.2 Å². The van der Waals surface area contributed by atoms with Crippen LogP contribution in [0.2, 0.25) is 0 Å². The number of anilines is 4. The van der Waals surface area contributed by atoms with Crippen LogP contribution < -0.4 is 15.1 Å². The highest BCUT2D eigenvalue weighted by Gasteiger charge is 2.31. The molecule has 2 N–H and O–H groups in total. The molecule has 0 radical (unpaired) electrons. The lowest BCUT2D eigenvalue weighted by molar-refractivity contribution is 0.145. The summed E-state index contributed by atoms with van der Waals surface area (Å²) < 4.78 is 14.6. The second-order valence-corrected chi connectivity index (χ2v) is 10.1. The molecule has 8 heteroatoms. The molecule has 0 spiro atoms. The second-order valence-electron chi connectivity index (χ2n) is 10.1. The Morgan fingerprint density at radius 3 is 2.25 bits per heavy atom. The summed E-state index contributed by atoms with van der Waals surface area (Å²) in [6.45, 7) is 5.65. The van der Waals surface area contributed by atoms with Gasteiger partial charge in [-0.3, -0.25) is 4.90 Å². The predicted octanol–water partition coefficient (Wildman–Crippen LogP) is 4.27. The fraction of sp³-hybridized carbons (Fsp3) is 0.429. The number of piperazine rings is 1. The van der Waals surface area contributed by atoms with Gasteiger partial charge in [-0.15, -0.1) is 0 Å². The Morgan fingerprint density at radius 2 is 1.53 bits per heavy atom. The van der Waals surface area contributed by atoms with Crippen LogP contribution >= 0.6 is 0 Å². The number of hydrogen-bond acceptors (Lipinski definition) is 7. The number of nitrogens with one attached hydrogen (secondary N) is 1. The maximum absolute atomic E-state index is 14.6. The Kier molecular flexibility index (Phi) is 6.46. The first-order chi connectivity index (χ1) is 17.6. The van der Waals surface area contributed by atoms with Gasteiger partial charge in [0.25, 0.3) is 0 Å². The molecule has 2 aliphatic heterocycles. The Labute approximate surface area is 211 Å². The van der Waals surface area contributed by atoms with Gasteiger partial charge in [0.1, 0.15) is 5.82 Å². The number of aliphatic hydroxyl groups is 1. The summed E-state index contributed by atoms with van der Waals surface area (Å²) in [4.78, 5) is 16.2. The number of piperidine rings is 1. The lowest BCUT2D eigenvalue weighted by Crippen LogP contribution is -2.47. The summed E-state index contributed by atoms with van der Waals surface area (Å²) in [6, 6.07) is 16.0. The van der Waals surface area contributed by atoms with Gasteiger partial charge in [0.15, 0.2) is 0 Å². The maximum atomic E-state index is 14.6. The molecule has 6 rings (SSSR count). The summed E-state index contributed by atoms with van der Waals surface area (Å²) in [6.07, 6.45) is 5.78. The molecule has 1 aliphatic carbocycles. The minimum Gasteiger partial charge on any atom is -0.393 e. The molecule has 1 aromatic heterocycles. The molecule has 7 nitrogen and oxygen atoms in total. The minimum atomic E-state index is -0.249. The number of rotatable bonds is 6. The van der Waals surface area contributed by atoms with Crippen LogP contribution in [0, 0.1) is 5.82 Å². The summed E-state index contributed by atoms with van der Waals surface area (Å²) in [7, 11) is 0. The molecular weight excluding hydrogens is 455 g/mol. The highest BCUT2D eigenvalue weighted by Crippen LogP contribution is 2.31. The van der Waals surface area contributed by atoms with E-state index in [-0.39, 0.29) is 11.9 Å². The second kappa shape index (κ2) is 10.0. The molecule has 0 bridgehead atoms. The zero-order chi connectivity index (χ0) is 24.5. The monoisotopic (exact) mass is 488 g/mol. The van der Waals surface area contributed by atoms with Crippen LogP contribution in [0.3, 0.4) is 0 Å². The number of aromatic nitrogens is 2. The SMILES string of the molecule is OC1CCN(c2ccc(Nc3nccc(-c4cc(F)cc(N5CCN(C6CC6)CC5)c4)n3)cc2)CC1. The number of nitrogens with zero attached hydrogens (tertiary/aromatic N) is 5. The average molecular weight is 489 g/mol. The van der Waals surface area contributed by atoms with Crippen molar-refractivity contribution >= 4 is 23.0 Å². The van der Waals surface area contributed by atoms with Crippen molar-refractivity contribution in [2.75, 3.05) is 54.4 Å². The van der Waals surface area contributed by atoms with E-state index in [1.165, 1.54) is 12.8 Å². The number of benzene rings is 2. The van der Waals surface area contributed by atoms with Gasteiger partial charge >= 0.3 is 0 Å². The van der Waals surface area contributed by atoms with E-state index in [4.69, 9.17) is 0 Å². The van der Waals surface area contributed by atoms with E-state index < -0.39 is 0 Å². The summed E-state index contributed by atoms with van der Waals surface area (Å²) in [5.74, 6) is 0.228. The van der Waals surface area contributed by atoms with E-state index in [9.17, 15) is 9.50 Å². The highest BCUT2D eigenvalue weighted by atomic mass is 19.1. The third-order valence-corrected chi connectivity index (χ3v) is 7.53. The van der Waals surface area contributed by atoms with Crippen LogP contribution in [-0.2, 0) is 0 Å². The first kappa shape index (κ1) is 23.2. The first-order valence-corrected chi connectivity index (χ1v) is 13.0. The third kappa shape index (κ3) is 5.29. The van der Waals surface area contributed by atoms with Gasteiger partial charge in [-0.1, -0.05) is 0 Å². The minimum absolute atomic E-state index is 0.182. The van der Waals surface area contributed by atoms with Gasteiger partial charge in [-0.2, -0.15) is 0 Å². The zero-order valence-corrected chi connectivity index (χ0v) is 20.5. The van der Waals surface area contributed by atoms with Crippen molar-refractivity contribution in [2.45, 2.75) is 37.8 Å². The van der Waals surface area contributed by atoms with Gasteiger partial charge in [-0.25, -0.2) is 14.4 Å². The molecule has 3 heterocycles. The number of aliphatic hydroxyl groups excluding tert-OH is 1. The molecule has 0 amide bonds. The van der Waals surface area contributed by atoms with E-state index in [1.807, 2.05) is 24.3 Å². The Hall–Kier alpha value is -3.23. The lowest BCUT2D eigenvalue weighted by atomic mass is 10.1. The maximum Gasteiger partial charge on any atom is 0.227 e. The van der Waals surface area contributed by atoms with Gasteiger partial charge in [0, 0.05) is 74.1 Å². The fourth-order valence-electron chi connectivity index (χ4n) is 5.28. The van der Waals surface area contributed by atoms with Crippen LogP contribution in [0.15, 0.2) is 54.7 Å². The molecule has 3 aromatic rings. The van der Waals surface area contributed by atoms with Gasteiger partial charge in [-0.05, 0) is 74.2 Å². The summed E-state index contributed by atoms with van der Waals surface area (Å²) in [5.41, 5.74) is 4.39. The molecule has 36 heavy (non-hydrogen) atoms. The molecule has 0 atom stereocenters. The fourth-order valence-corrected chi connectivity index (χ4v) is 5.28. The molecule has 3 fully saturated rings. The number of halogens is 1. The Morgan fingerprint density at radius 1 is 0.806 bits per heavy atom. The van der Waals surface area contributed by atoms with Crippen molar-refractivity contribution in [3.05, 3.63) is 60.5 Å². The van der Waals surface area contributed by atoms with Crippen molar-refractivity contribution in [1.82, 2.24) is 14.9 Å². The average Bonchev–Trinajstić information content (AvgIpc) is 3.75. The lowest BCUT2D eigenvalue weighted by Gasteiger charge is -2.36. The van der Waals surface area contributed by atoms with Crippen molar-refractivity contribution in [3.63, 3.8) is 0 Å². The molecule has 2 saturated heterocycles. The molecule has 1 saturated carbocycles. The van der Waals surface area contributed by atoms with Gasteiger partial charge in [0.05, 0.1) is 11.8 Å². The van der Waals surface area contributed by atoms with E-state index in [1.54, 1.807) is 18.3 Å². The van der Waals surface area contributed by atoms with E-state index >= 15 is 0 Å². The summed E-state index contributed by atoms with van der Waals surface area (Å²) in [5, 5.41) is 13.0. The molecule has 188 valence electrons. The van der Waals surface area contributed by atoms with Crippen LogP contribution in [0.5, 0.6) is 0 Å². The largest absolute Gasteiger partial charge is 0.393 e. The first-order valence-electron chi connectivity index (χ1n) is 13.0. The van der Waals surface area contributed by atoms with Crippen molar-refractivity contribution in [3.8, 4) is 11.3 Å². The van der Waals surface area contributed by atoms with Crippen molar-refractivity contribution < 1.29 is 9.50 Å². The smallest absolute Gasteiger partial charge is 0.227 e. The van der Waals surface area contributed by atoms with E-state index in [0.717, 1.165) is 80.8 Å². The van der Waals surface area contributed by atoms with E-state index in [2.05, 4.69) is 42.1 Å². The molecule has 3 aliphatic rings. The molecular formula is C28H33FN6O. The van der Waals surface area contributed by atoms with Crippen LogP contribution in [0.4, 0.5) is 27.4 Å². The van der Waals surface area contributed by atoms with Crippen LogP contribution in [0.1, 0.15) is 25.7 Å². The van der Waals surface area contributed by atoms with Crippen molar-refractivity contribution in [1.29, 1.82) is 0 Å². The number of hydrogen-bond donors (Lipinski definition) is 2. The Bertz CT molecular complexity index is 1180. The molecule has 0 unspecified atom stereocenters. The normalized spacial score (nSPS) is 19.5. The van der Waals surface area contributed by atoms with Crippen LogP contribution in [-0.4, -0.2) is 71.4 Å². The summed E-state index contributed by atoms with van der Waals surface area (Å²) >= 11 is 0. The topological polar surface area (TPSA) is 67.8 Å². The van der Waals surface area contributed by atoms with E-state index in [0.29, 0.717) is 11.6 Å². The standard InChI is InChI=1S/C28H33FN6O/c29-21-17-20(18-25(19-21)35-15-13-34(14-16-35)24-5-6-24)27-7-10-30-28(32-27)31-22-1-3-23(4-2-22)33-11-8-26(36)9-12-33/h1-4,7,10,17-19,24,26,36H,5-6,8-9,11-16H2,(H,30,31,32). The zero-order valence-electron chi connectivity index (χ0n) is 20.5. The van der Waals surface area contributed by atoms with Crippen LogP contribution in [0.25, 0.3) is 11.3 Å². The van der Waals surface area contributed by atoms with Gasteiger partial charge in [0.2, 0.25) is 5.95 Å². The van der Waals surface area contributed by atoms with Crippen molar-refractivity contribution in [2.24, 2.45) is 0 Å². The highest BCUT2D eigenvalue weighted by molar-refractivity contribution is 5.68. The Balaban J connectivity index is 1.14. The third-order valence-electron chi connectivity index (χ3n) is 7.53. The predicted molar refractivity (Wildman–Crippen MR) is 141 cm³/mol. The molecule has 2 aromatic carbocycles.